The zero-order valence-corrected chi connectivity index (χ0v) is 21.7. The van der Waals surface area contributed by atoms with Crippen LogP contribution in [0.1, 0.15) is 60.7 Å². The lowest BCUT2D eigenvalue weighted by molar-refractivity contribution is 0.0239. The van der Waals surface area contributed by atoms with Gasteiger partial charge in [0.1, 0.15) is 17.5 Å². The van der Waals surface area contributed by atoms with E-state index in [1.165, 1.54) is 16.3 Å². The quantitative estimate of drug-likeness (QED) is 0.500. The molecule has 1 saturated carbocycles. The Morgan fingerprint density at radius 2 is 1.83 bits per heavy atom. The Balaban J connectivity index is 1.30. The maximum Gasteiger partial charge on any atom is 0.410 e. The standard InChI is InChI=1S/C30H34N2O4/c1-19-15-21-16-22(18-32(5)28(34)36-29(2,3)4)35-26(21)17-24(19)27(33)31-30(13-14-30)25-12-8-10-20-9-6-7-11-23(20)25/h6-12,15,17,22H,13-14,16,18H2,1-5H3,(H,31,33). The number of hydrogen-bond donors (Lipinski definition) is 1. The largest absolute Gasteiger partial charge is 0.488 e. The highest BCUT2D eigenvalue weighted by molar-refractivity contribution is 5.98. The molecule has 5 rings (SSSR count). The number of rotatable bonds is 5. The van der Waals surface area contributed by atoms with Crippen LogP contribution in [0.3, 0.4) is 0 Å². The third-order valence-electron chi connectivity index (χ3n) is 6.98. The number of aryl methyl sites for hydroxylation is 1. The first-order chi connectivity index (χ1) is 17.0. The predicted molar refractivity (Wildman–Crippen MR) is 140 cm³/mol. The molecular formula is C30H34N2O4. The van der Waals surface area contributed by atoms with E-state index in [0.29, 0.717) is 24.3 Å². The minimum Gasteiger partial charge on any atom is -0.488 e. The highest BCUT2D eigenvalue weighted by Gasteiger charge is 2.46. The first kappa shape index (κ1) is 24.2. The van der Waals surface area contributed by atoms with Crippen molar-refractivity contribution in [2.45, 2.75) is 64.2 Å². The summed E-state index contributed by atoms with van der Waals surface area (Å²) in [6.45, 7) is 7.92. The zero-order valence-electron chi connectivity index (χ0n) is 21.7. The van der Waals surface area contributed by atoms with Crippen LogP contribution in [-0.4, -0.2) is 42.2 Å². The van der Waals surface area contributed by atoms with Crippen molar-refractivity contribution in [2.24, 2.45) is 0 Å². The van der Waals surface area contributed by atoms with Gasteiger partial charge in [-0.05, 0) is 74.1 Å². The molecule has 188 valence electrons. The molecule has 6 nitrogen and oxygen atoms in total. The molecule has 1 fully saturated rings. The molecule has 0 aromatic heterocycles. The number of hydrogen-bond acceptors (Lipinski definition) is 4. The van der Waals surface area contributed by atoms with E-state index in [-0.39, 0.29) is 23.6 Å². The summed E-state index contributed by atoms with van der Waals surface area (Å²) in [5.41, 5.74) is 2.90. The van der Waals surface area contributed by atoms with E-state index in [1.807, 2.05) is 52.0 Å². The number of nitrogens with one attached hydrogen (secondary N) is 1. The van der Waals surface area contributed by atoms with Gasteiger partial charge in [0.05, 0.1) is 12.1 Å². The maximum atomic E-state index is 13.5. The van der Waals surface area contributed by atoms with E-state index in [4.69, 9.17) is 9.47 Å². The van der Waals surface area contributed by atoms with Crippen molar-refractivity contribution in [2.75, 3.05) is 13.6 Å². The molecule has 2 amide bonds. The molecule has 0 spiro atoms. The molecular weight excluding hydrogens is 452 g/mol. The van der Waals surface area contributed by atoms with E-state index in [9.17, 15) is 9.59 Å². The highest BCUT2D eigenvalue weighted by atomic mass is 16.6. The first-order valence-corrected chi connectivity index (χ1v) is 12.6. The molecule has 1 aliphatic heterocycles. The molecule has 0 radical (unpaired) electrons. The van der Waals surface area contributed by atoms with Crippen LogP contribution in [0.25, 0.3) is 10.8 Å². The number of amides is 2. The smallest absolute Gasteiger partial charge is 0.410 e. The molecule has 1 N–H and O–H groups in total. The van der Waals surface area contributed by atoms with Gasteiger partial charge in [-0.2, -0.15) is 0 Å². The van der Waals surface area contributed by atoms with Crippen LogP contribution in [0.5, 0.6) is 5.75 Å². The Hall–Kier alpha value is -3.54. The lowest BCUT2D eigenvalue weighted by Crippen LogP contribution is -2.39. The van der Waals surface area contributed by atoms with Gasteiger partial charge < -0.3 is 19.7 Å². The molecule has 1 aliphatic carbocycles. The van der Waals surface area contributed by atoms with Crippen molar-refractivity contribution in [1.82, 2.24) is 10.2 Å². The zero-order chi connectivity index (χ0) is 25.7. The van der Waals surface area contributed by atoms with Crippen LogP contribution in [0.4, 0.5) is 4.79 Å². The normalized spacial score (nSPS) is 17.8. The van der Waals surface area contributed by atoms with E-state index in [2.05, 4.69) is 35.6 Å². The average Bonchev–Trinajstić information content (AvgIpc) is 3.48. The summed E-state index contributed by atoms with van der Waals surface area (Å²) in [5.74, 6) is 0.627. The van der Waals surface area contributed by atoms with Gasteiger partial charge in [0, 0.05) is 19.0 Å². The summed E-state index contributed by atoms with van der Waals surface area (Å²) >= 11 is 0. The Bertz CT molecular complexity index is 1330. The number of likely N-dealkylation sites (N-methyl/N-ethyl adjacent to an activating group) is 1. The van der Waals surface area contributed by atoms with Crippen LogP contribution in [0, 0.1) is 6.92 Å². The average molecular weight is 487 g/mol. The minimum atomic E-state index is -0.546. The van der Waals surface area contributed by atoms with E-state index < -0.39 is 5.60 Å². The number of carbonyl (C=O) groups is 2. The fraction of sp³-hybridized carbons (Fsp3) is 0.400. The molecule has 36 heavy (non-hydrogen) atoms. The van der Waals surface area contributed by atoms with Crippen LogP contribution >= 0.6 is 0 Å². The molecule has 0 saturated heterocycles. The Labute approximate surface area is 212 Å². The highest BCUT2D eigenvalue weighted by Crippen LogP contribution is 2.48. The summed E-state index contributed by atoms with van der Waals surface area (Å²) in [4.78, 5) is 27.4. The van der Waals surface area contributed by atoms with Crippen molar-refractivity contribution >= 4 is 22.8 Å². The topological polar surface area (TPSA) is 67.9 Å². The van der Waals surface area contributed by atoms with Gasteiger partial charge in [-0.3, -0.25) is 4.79 Å². The molecule has 1 unspecified atom stereocenters. The molecule has 6 heteroatoms. The SMILES string of the molecule is Cc1cc2c(cc1C(=O)NC1(c3cccc4ccccc34)CC1)OC(CN(C)C(=O)OC(C)(C)C)C2. The summed E-state index contributed by atoms with van der Waals surface area (Å²) in [5, 5.41) is 5.70. The molecule has 1 atom stereocenters. The third kappa shape index (κ3) is 4.77. The third-order valence-corrected chi connectivity index (χ3v) is 6.98. The van der Waals surface area contributed by atoms with E-state index >= 15 is 0 Å². The summed E-state index contributed by atoms with van der Waals surface area (Å²) in [6, 6.07) is 18.5. The predicted octanol–water partition coefficient (Wildman–Crippen LogP) is 5.74. The Morgan fingerprint density at radius 1 is 1.11 bits per heavy atom. The van der Waals surface area contributed by atoms with Crippen LogP contribution in [0.2, 0.25) is 0 Å². The van der Waals surface area contributed by atoms with Crippen LogP contribution in [-0.2, 0) is 16.7 Å². The van der Waals surface area contributed by atoms with Crippen molar-refractivity contribution in [3.8, 4) is 5.75 Å². The van der Waals surface area contributed by atoms with Gasteiger partial charge in [0.15, 0.2) is 0 Å². The van der Waals surface area contributed by atoms with E-state index in [0.717, 1.165) is 24.0 Å². The van der Waals surface area contributed by atoms with Crippen LogP contribution < -0.4 is 10.1 Å². The van der Waals surface area contributed by atoms with E-state index in [1.54, 1.807) is 11.9 Å². The molecule has 0 bridgehead atoms. The van der Waals surface area contributed by atoms with Crippen LogP contribution in [0.15, 0.2) is 54.6 Å². The lowest BCUT2D eigenvalue weighted by atomic mass is 9.96. The summed E-state index contributed by atoms with van der Waals surface area (Å²) in [7, 11) is 1.72. The molecule has 3 aromatic rings. The minimum absolute atomic E-state index is 0.0846. The van der Waals surface area contributed by atoms with Gasteiger partial charge >= 0.3 is 6.09 Å². The number of ether oxygens (including phenoxy) is 2. The second-order valence-electron chi connectivity index (χ2n) is 11.1. The lowest BCUT2D eigenvalue weighted by Gasteiger charge is -2.26. The van der Waals surface area contributed by atoms with Gasteiger partial charge in [-0.1, -0.05) is 48.5 Å². The van der Waals surface area contributed by atoms with Crippen molar-refractivity contribution in [1.29, 1.82) is 0 Å². The Morgan fingerprint density at radius 3 is 2.56 bits per heavy atom. The van der Waals surface area contributed by atoms with Gasteiger partial charge in [0.2, 0.25) is 0 Å². The number of nitrogens with zero attached hydrogens (tertiary/aromatic N) is 1. The fourth-order valence-electron chi connectivity index (χ4n) is 5.06. The monoisotopic (exact) mass is 486 g/mol. The Kier molecular flexibility index (Phi) is 5.93. The number of benzene rings is 3. The van der Waals surface area contributed by atoms with Crippen molar-refractivity contribution in [3.63, 3.8) is 0 Å². The molecule has 2 aliphatic rings. The summed E-state index contributed by atoms with van der Waals surface area (Å²) in [6.07, 6.45) is 1.98. The van der Waals surface area contributed by atoms with Gasteiger partial charge in [-0.15, -0.1) is 0 Å². The van der Waals surface area contributed by atoms with Gasteiger partial charge in [0.25, 0.3) is 5.91 Å². The van der Waals surface area contributed by atoms with Crippen molar-refractivity contribution < 1.29 is 19.1 Å². The first-order valence-electron chi connectivity index (χ1n) is 12.6. The fourth-order valence-corrected chi connectivity index (χ4v) is 5.06. The second kappa shape index (κ2) is 8.84. The number of fused-ring (bicyclic) bond motifs is 2. The van der Waals surface area contributed by atoms with Gasteiger partial charge in [-0.25, -0.2) is 4.79 Å². The maximum absolute atomic E-state index is 13.5. The van der Waals surface area contributed by atoms with Crippen molar-refractivity contribution in [3.05, 3.63) is 76.9 Å². The molecule has 3 aromatic carbocycles. The number of carbonyl (C=O) groups excluding carboxylic acids is 2. The summed E-state index contributed by atoms with van der Waals surface area (Å²) < 4.78 is 11.6. The molecule has 1 heterocycles. The second-order valence-corrected chi connectivity index (χ2v) is 11.1.